The van der Waals surface area contributed by atoms with Crippen molar-refractivity contribution >= 4 is 11.3 Å². The lowest BCUT2D eigenvalue weighted by Gasteiger charge is -2.15. The van der Waals surface area contributed by atoms with E-state index in [1.54, 1.807) is 11.3 Å². The van der Waals surface area contributed by atoms with Crippen molar-refractivity contribution in [3.8, 4) is 0 Å². The highest BCUT2D eigenvalue weighted by molar-refractivity contribution is 7.07. The molecule has 0 saturated carbocycles. The second-order valence-corrected chi connectivity index (χ2v) is 4.69. The first-order chi connectivity index (χ1) is 7.27. The third-order valence-electron chi connectivity index (χ3n) is 2.85. The SMILES string of the molecule is CCC(CC)CNC[C@@H](O)c1ccsc1. The van der Waals surface area contributed by atoms with Gasteiger partial charge in [0.25, 0.3) is 0 Å². The summed E-state index contributed by atoms with van der Waals surface area (Å²) in [5.41, 5.74) is 1.03. The van der Waals surface area contributed by atoms with E-state index < -0.39 is 0 Å². The van der Waals surface area contributed by atoms with Gasteiger partial charge in [0.1, 0.15) is 0 Å². The summed E-state index contributed by atoms with van der Waals surface area (Å²) >= 11 is 1.63. The average molecular weight is 227 g/mol. The van der Waals surface area contributed by atoms with Gasteiger partial charge in [0.15, 0.2) is 0 Å². The number of hydrogen-bond donors (Lipinski definition) is 2. The zero-order valence-corrected chi connectivity index (χ0v) is 10.4. The van der Waals surface area contributed by atoms with Gasteiger partial charge in [-0.1, -0.05) is 26.7 Å². The van der Waals surface area contributed by atoms with Crippen LogP contribution >= 0.6 is 11.3 Å². The molecule has 2 N–H and O–H groups in total. The predicted molar refractivity (Wildman–Crippen MR) is 66.2 cm³/mol. The largest absolute Gasteiger partial charge is 0.387 e. The average Bonchev–Trinajstić information content (AvgIpc) is 2.77. The zero-order chi connectivity index (χ0) is 11.1. The van der Waals surface area contributed by atoms with Gasteiger partial charge in [-0.15, -0.1) is 0 Å². The minimum Gasteiger partial charge on any atom is -0.387 e. The fourth-order valence-corrected chi connectivity index (χ4v) is 2.29. The summed E-state index contributed by atoms with van der Waals surface area (Å²) in [5, 5.41) is 17.1. The normalized spacial score (nSPS) is 13.3. The Morgan fingerprint density at radius 3 is 2.60 bits per heavy atom. The maximum Gasteiger partial charge on any atom is 0.0922 e. The van der Waals surface area contributed by atoms with Gasteiger partial charge >= 0.3 is 0 Å². The fourth-order valence-electron chi connectivity index (χ4n) is 1.58. The van der Waals surface area contributed by atoms with E-state index in [1.165, 1.54) is 12.8 Å². The third kappa shape index (κ3) is 4.33. The van der Waals surface area contributed by atoms with Crippen LogP contribution in [-0.2, 0) is 0 Å². The molecule has 3 heteroatoms. The first-order valence-electron chi connectivity index (χ1n) is 5.68. The summed E-state index contributed by atoms with van der Waals surface area (Å²) in [6, 6.07) is 1.98. The number of aliphatic hydroxyl groups excluding tert-OH is 1. The number of aliphatic hydroxyl groups is 1. The molecular weight excluding hydrogens is 206 g/mol. The van der Waals surface area contributed by atoms with Crippen LogP contribution in [0.5, 0.6) is 0 Å². The van der Waals surface area contributed by atoms with Crippen molar-refractivity contribution in [1.82, 2.24) is 5.32 Å². The summed E-state index contributed by atoms with van der Waals surface area (Å²) < 4.78 is 0. The number of hydrogen-bond acceptors (Lipinski definition) is 3. The second kappa shape index (κ2) is 6.99. The maximum atomic E-state index is 9.81. The molecule has 0 bridgehead atoms. The molecule has 0 aliphatic heterocycles. The van der Waals surface area contributed by atoms with Gasteiger partial charge in [-0.25, -0.2) is 0 Å². The molecule has 0 amide bonds. The first kappa shape index (κ1) is 12.7. The molecule has 1 rings (SSSR count). The first-order valence-corrected chi connectivity index (χ1v) is 6.63. The predicted octanol–water partition coefficient (Wildman–Crippen LogP) is 2.81. The molecule has 0 radical (unpaired) electrons. The van der Waals surface area contributed by atoms with E-state index in [4.69, 9.17) is 0 Å². The van der Waals surface area contributed by atoms with E-state index in [1.807, 2.05) is 16.8 Å². The monoisotopic (exact) mass is 227 g/mol. The Morgan fingerprint density at radius 2 is 2.07 bits per heavy atom. The molecule has 1 aromatic heterocycles. The van der Waals surface area contributed by atoms with Crippen LogP contribution in [0, 0.1) is 5.92 Å². The Bertz CT molecular complexity index is 244. The Morgan fingerprint density at radius 1 is 1.33 bits per heavy atom. The summed E-state index contributed by atoms with van der Waals surface area (Å²) in [7, 11) is 0. The van der Waals surface area contributed by atoms with Crippen molar-refractivity contribution in [3.63, 3.8) is 0 Å². The smallest absolute Gasteiger partial charge is 0.0922 e. The molecule has 1 aromatic rings. The highest BCUT2D eigenvalue weighted by Gasteiger charge is 2.08. The molecule has 2 nitrogen and oxygen atoms in total. The van der Waals surface area contributed by atoms with Gasteiger partial charge in [0.2, 0.25) is 0 Å². The van der Waals surface area contributed by atoms with Gasteiger partial charge < -0.3 is 10.4 Å². The van der Waals surface area contributed by atoms with Crippen LogP contribution in [0.4, 0.5) is 0 Å². The van der Waals surface area contributed by atoms with E-state index in [0.717, 1.165) is 18.0 Å². The van der Waals surface area contributed by atoms with E-state index in [2.05, 4.69) is 19.2 Å². The second-order valence-electron chi connectivity index (χ2n) is 3.91. The minimum absolute atomic E-state index is 0.356. The Kier molecular flexibility index (Phi) is 5.91. The highest BCUT2D eigenvalue weighted by Crippen LogP contribution is 2.15. The minimum atomic E-state index is -0.356. The molecule has 86 valence electrons. The van der Waals surface area contributed by atoms with Crippen LogP contribution < -0.4 is 5.32 Å². The molecule has 0 aliphatic rings. The van der Waals surface area contributed by atoms with Crippen LogP contribution in [0.1, 0.15) is 38.4 Å². The summed E-state index contributed by atoms with van der Waals surface area (Å²) in [4.78, 5) is 0. The maximum absolute atomic E-state index is 9.81. The van der Waals surface area contributed by atoms with Crippen molar-refractivity contribution < 1.29 is 5.11 Å². The van der Waals surface area contributed by atoms with Crippen molar-refractivity contribution in [1.29, 1.82) is 0 Å². The molecule has 1 heterocycles. The highest BCUT2D eigenvalue weighted by atomic mass is 32.1. The molecule has 0 saturated heterocycles. The van der Waals surface area contributed by atoms with E-state index in [0.29, 0.717) is 6.54 Å². The lowest BCUT2D eigenvalue weighted by molar-refractivity contribution is 0.173. The van der Waals surface area contributed by atoms with Gasteiger partial charge in [-0.05, 0) is 34.9 Å². The molecule has 1 atom stereocenters. The van der Waals surface area contributed by atoms with Crippen molar-refractivity contribution in [2.75, 3.05) is 13.1 Å². The molecule has 0 spiro atoms. The topological polar surface area (TPSA) is 32.3 Å². The fraction of sp³-hybridized carbons (Fsp3) is 0.667. The van der Waals surface area contributed by atoms with Gasteiger partial charge in [0, 0.05) is 6.54 Å². The zero-order valence-electron chi connectivity index (χ0n) is 9.57. The van der Waals surface area contributed by atoms with Crippen LogP contribution in [0.15, 0.2) is 16.8 Å². The van der Waals surface area contributed by atoms with E-state index >= 15 is 0 Å². The quantitative estimate of drug-likeness (QED) is 0.750. The van der Waals surface area contributed by atoms with Crippen LogP contribution in [-0.4, -0.2) is 18.2 Å². The van der Waals surface area contributed by atoms with Gasteiger partial charge in [-0.3, -0.25) is 0 Å². The lowest BCUT2D eigenvalue weighted by Crippen LogP contribution is -2.26. The summed E-state index contributed by atoms with van der Waals surface area (Å²) in [6.45, 7) is 6.09. The molecule has 0 aromatic carbocycles. The van der Waals surface area contributed by atoms with E-state index in [9.17, 15) is 5.11 Å². The summed E-state index contributed by atoms with van der Waals surface area (Å²) in [5.74, 6) is 0.736. The van der Waals surface area contributed by atoms with Crippen molar-refractivity contribution in [2.24, 2.45) is 5.92 Å². The number of rotatable bonds is 7. The van der Waals surface area contributed by atoms with Crippen LogP contribution in [0.25, 0.3) is 0 Å². The van der Waals surface area contributed by atoms with Gasteiger partial charge in [-0.2, -0.15) is 11.3 Å². The standard InChI is InChI=1S/C12H21NOS/c1-3-10(4-2)7-13-8-12(14)11-5-6-15-9-11/h5-6,9-10,12-14H,3-4,7-8H2,1-2H3/t12-/m1/s1. The third-order valence-corrected chi connectivity index (χ3v) is 3.55. The van der Waals surface area contributed by atoms with Crippen LogP contribution in [0.3, 0.4) is 0 Å². The summed E-state index contributed by atoms with van der Waals surface area (Å²) in [6.07, 6.45) is 2.06. The Labute approximate surface area is 96.3 Å². The molecule has 0 unspecified atom stereocenters. The molecule has 15 heavy (non-hydrogen) atoms. The van der Waals surface area contributed by atoms with Gasteiger partial charge in [0.05, 0.1) is 6.10 Å². The number of thiophene rings is 1. The molecular formula is C12H21NOS. The Hall–Kier alpha value is -0.380. The molecule has 0 aliphatic carbocycles. The number of nitrogens with one attached hydrogen (secondary N) is 1. The van der Waals surface area contributed by atoms with Crippen molar-refractivity contribution in [2.45, 2.75) is 32.8 Å². The van der Waals surface area contributed by atoms with E-state index in [-0.39, 0.29) is 6.10 Å². The van der Waals surface area contributed by atoms with Crippen LogP contribution in [0.2, 0.25) is 0 Å². The molecule has 0 fully saturated rings. The lowest BCUT2D eigenvalue weighted by atomic mass is 10.0. The Balaban J connectivity index is 2.20. The van der Waals surface area contributed by atoms with Crippen molar-refractivity contribution in [3.05, 3.63) is 22.4 Å².